The Morgan fingerprint density at radius 2 is 2.04 bits per heavy atom. The van der Waals surface area contributed by atoms with Gasteiger partial charge in [0.05, 0.1) is 0 Å². The number of aromatic nitrogens is 1. The Morgan fingerprint density at radius 3 is 2.77 bits per heavy atom. The maximum atomic E-state index is 12.8. The summed E-state index contributed by atoms with van der Waals surface area (Å²) in [5, 5.41) is 13.0. The molecule has 3 rings (SSSR count). The average molecular weight is 352 g/mol. The Labute approximate surface area is 153 Å². The van der Waals surface area contributed by atoms with Crippen molar-refractivity contribution in [3.63, 3.8) is 0 Å². The Morgan fingerprint density at radius 1 is 1.27 bits per heavy atom. The molecule has 0 spiro atoms. The molecule has 1 unspecified atom stereocenters. The number of ketones is 1. The number of Topliss-reactive ketones (excluding diaryl/α,β-unsaturated/α-hetero) is 1. The highest BCUT2D eigenvalue weighted by Crippen LogP contribution is 2.39. The second-order valence-electron chi connectivity index (χ2n) is 7.84. The van der Waals surface area contributed by atoms with E-state index in [4.69, 9.17) is 0 Å². The zero-order valence-electron chi connectivity index (χ0n) is 15.4. The fraction of sp³-hybridized carbons (Fsp3) is 0.381. The molecule has 1 aliphatic rings. The third-order valence-electron chi connectivity index (χ3n) is 4.54. The van der Waals surface area contributed by atoms with E-state index in [1.54, 1.807) is 24.4 Å². The van der Waals surface area contributed by atoms with Gasteiger partial charge in [-0.05, 0) is 62.9 Å². The number of aromatic hydroxyl groups is 1. The highest BCUT2D eigenvalue weighted by molar-refractivity contribution is 5.94. The van der Waals surface area contributed by atoms with Crippen LogP contribution in [0.5, 0.6) is 5.75 Å². The Bertz CT molecular complexity index is 853. The van der Waals surface area contributed by atoms with Crippen LogP contribution < -0.4 is 5.32 Å². The molecule has 1 aliphatic carbocycles. The molecule has 5 heteroatoms. The number of pyridine rings is 1. The van der Waals surface area contributed by atoms with Crippen molar-refractivity contribution in [2.45, 2.75) is 51.5 Å². The van der Waals surface area contributed by atoms with Gasteiger partial charge >= 0.3 is 0 Å². The van der Waals surface area contributed by atoms with Gasteiger partial charge in [-0.1, -0.05) is 12.1 Å². The van der Waals surface area contributed by atoms with E-state index in [9.17, 15) is 14.7 Å². The number of carbonyl (C=O) groups is 2. The number of carbonyl (C=O) groups excluding carboxylic acids is 2. The molecule has 136 valence electrons. The molecular formula is C21H24N2O3. The summed E-state index contributed by atoms with van der Waals surface area (Å²) in [6.07, 6.45) is 3.29. The van der Waals surface area contributed by atoms with E-state index in [0.29, 0.717) is 12.1 Å². The lowest BCUT2D eigenvalue weighted by Crippen LogP contribution is -2.40. The SMILES string of the molecule is CC(C)(C)NC(=O)c1cc(CC(=O)C2CCc3cccc(O)c32)ccn1. The van der Waals surface area contributed by atoms with Gasteiger partial charge < -0.3 is 10.4 Å². The van der Waals surface area contributed by atoms with E-state index in [1.165, 1.54) is 0 Å². The standard InChI is InChI=1S/C21H24N2O3/c1-21(2,3)23-20(26)16-11-13(9-10-22-16)12-18(25)15-8-7-14-5-4-6-17(24)19(14)15/h4-6,9-11,15,24H,7-8,12H2,1-3H3,(H,23,26). The van der Waals surface area contributed by atoms with Crippen LogP contribution in [0.1, 0.15) is 60.3 Å². The van der Waals surface area contributed by atoms with Crippen LogP contribution in [-0.2, 0) is 17.6 Å². The first-order valence-electron chi connectivity index (χ1n) is 8.85. The topological polar surface area (TPSA) is 79.3 Å². The summed E-state index contributed by atoms with van der Waals surface area (Å²) in [5.74, 6) is -0.293. The quantitative estimate of drug-likeness (QED) is 0.886. The highest BCUT2D eigenvalue weighted by Gasteiger charge is 2.31. The third-order valence-corrected chi connectivity index (χ3v) is 4.54. The fourth-order valence-corrected chi connectivity index (χ4v) is 3.42. The molecule has 5 nitrogen and oxygen atoms in total. The van der Waals surface area contributed by atoms with E-state index in [1.807, 2.05) is 32.9 Å². The summed E-state index contributed by atoms with van der Waals surface area (Å²) in [6.45, 7) is 5.72. The van der Waals surface area contributed by atoms with Crippen LogP contribution in [-0.4, -0.2) is 27.3 Å². The number of benzene rings is 1. The molecule has 2 N–H and O–H groups in total. The fourth-order valence-electron chi connectivity index (χ4n) is 3.42. The lowest BCUT2D eigenvalue weighted by molar-refractivity contribution is -0.119. The van der Waals surface area contributed by atoms with Crippen LogP contribution in [0.25, 0.3) is 0 Å². The van der Waals surface area contributed by atoms with Crippen molar-refractivity contribution in [1.29, 1.82) is 0 Å². The van der Waals surface area contributed by atoms with Gasteiger partial charge in [0, 0.05) is 29.6 Å². The zero-order valence-corrected chi connectivity index (χ0v) is 15.4. The van der Waals surface area contributed by atoms with Crippen LogP contribution in [0.4, 0.5) is 0 Å². The number of hydrogen-bond donors (Lipinski definition) is 2. The molecule has 1 heterocycles. The summed E-state index contributed by atoms with van der Waals surface area (Å²) < 4.78 is 0. The predicted octanol–water partition coefficient (Wildman–Crippen LogP) is 3.16. The van der Waals surface area contributed by atoms with Gasteiger partial charge in [-0.2, -0.15) is 0 Å². The van der Waals surface area contributed by atoms with Gasteiger partial charge in [-0.15, -0.1) is 0 Å². The van der Waals surface area contributed by atoms with Crippen molar-refractivity contribution in [3.8, 4) is 5.75 Å². The van der Waals surface area contributed by atoms with Gasteiger partial charge in [0.2, 0.25) is 0 Å². The number of rotatable bonds is 4. The minimum Gasteiger partial charge on any atom is -0.508 e. The molecule has 0 fully saturated rings. The van der Waals surface area contributed by atoms with Gasteiger partial charge in [-0.3, -0.25) is 14.6 Å². The summed E-state index contributed by atoms with van der Waals surface area (Å²) >= 11 is 0. The van der Waals surface area contributed by atoms with Gasteiger partial charge in [0.15, 0.2) is 0 Å². The van der Waals surface area contributed by atoms with Crippen molar-refractivity contribution in [2.24, 2.45) is 0 Å². The summed E-state index contributed by atoms with van der Waals surface area (Å²) in [4.78, 5) is 29.2. The van der Waals surface area contributed by atoms with Crippen LogP contribution in [0.3, 0.4) is 0 Å². The predicted molar refractivity (Wildman–Crippen MR) is 99.3 cm³/mol. The van der Waals surface area contributed by atoms with Crippen molar-refractivity contribution < 1.29 is 14.7 Å². The van der Waals surface area contributed by atoms with Gasteiger partial charge in [0.25, 0.3) is 5.91 Å². The smallest absolute Gasteiger partial charge is 0.270 e. The Balaban J connectivity index is 1.76. The number of phenols is 1. The van der Waals surface area contributed by atoms with Crippen molar-refractivity contribution in [3.05, 3.63) is 58.9 Å². The van der Waals surface area contributed by atoms with Crippen molar-refractivity contribution in [2.75, 3.05) is 0 Å². The van der Waals surface area contributed by atoms with Crippen LogP contribution in [0, 0.1) is 0 Å². The number of amides is 1. The third kappa shape index (κ3) is 3.93. The number of nitrogens with one attached hydrogen (secondary N) is 1. The van der Waals surface area contributed by atoms with Crippen LogP contribution in [0.2, 0.25) is 0 Å². The normalized spacial score (nSPS) is 16.2. The number of aryl methyl sites for hydroxylation is 1. The van der Waals surface area contributed by atoms with Crippen molar-refractivity contribution in [1.82, 2.24) is 10.3 Å². The largest absolute Gasteiger partial charge is 0.508 e. The van der Waals surface area contributed by atoms with E-state index in [0.717, 1.165) is 23.1 Å². The summed E-state index contributed by atoms with van der Waals surface area (Å²) in [5.41, 5.74) is 2.52. The molecular weight excluding hydrogens is 328 g/mol. The lowest BCUT2D eigenvalue weighted by Gasteiger charge is -2.20. The first-order chi connectivity index (χ1) is 12.2. The molecule has 1 aromatic heterocycles. The monoisotopic (exact) mass is 352 g/mol. The molecule has 0 bridgehead atoms. The van der Waals surface area contributed by atoms with E-state index in [2.05, 4.69) is 10.3 Å². The molecule has 0 aliphatic heterocycles. The second kappa shape index (κ2) is 6.90. The molecule has 1 amide bonds. The first-order valence-corrected chi connectivity index (χ1v) is 8.85. The molecule has 1 atom stereocenters. The molecule has 26 heavy (non-hydrogen) atoms. The van der Waals surface area contributed by atoms with Gasteiger partial charge in [0.1, 0.15) is 17.2 Å². The Hall–Kier alpha value is -2.69. The van der Waals surface area contributed by atoms with Crippen molar-refractivity contribution >= 4 is 11.7 Å². The first kappa shape index (κ1) is 18.1. The Kier molecular flexibility index (Phi) is 4.81. The van der Waals surface area contributed by atoms with Crippen LogP contribution >= 0.6 is 0 Å². The minimum absolute atomic E-state index is 0.0543. The summed E-state index contributed by atoms with van der Waals surface area (Å²) in [6, 6.07) is 8.83. The van der Waals surface area contributed by atoms with E-state index in [-0.39, 0.29) is 35.3 Å². The average Bonchev–Trinajstić information content (AvgIpc) is 2.99. The number of fused-ring (bicyclic) bond motifs is 1. The maximum absolute atomic E-state index is 12.8. The molecule has 0 saturated carbocycles. The molecule has 1 aromatic carbocycles. The minimum atomic E-state index is -0.352. The van der Waals surface area contributed by atoms with E-state index < -0.39 is 0 Å². The number of hydrogen-bond acceptors (Lipinski definition) is 4. The highest BCUT2D eigenvalue weighted by atomic mass is 16.3. The zero-order chi connectivity index (χ0) is 18.9. The number of nitrogens with zero attached hydrogens (tertiary/aromatic N) is 1. The lowest BCUT2D eigenvalue weighted by atomic mass is 9.92. The van der Waals surface area contributed by atoms with Gasteiger partial charge in [-0.25, -0.2) is 0 Å². The molecule has 0 radical (unpaired) electrons. The maximum Gasteiger partial charge on any atom is 0.270 e. The number of phenolic OH excluding ortho intramolecular Hbond substituents is 1. The van der Waals surface area contributed by atoms with Crippen LogP contribution in [0.15, 0.2) is 36.5 Å². The second-order valence-corrected chi connectivity index (χ2v) is 7.84. The summed E-state index contributed by atoms with van der Waals surface area (Å²) in [7, 11) is 0. The van der Waals surface area contributed by atoms with E-state index >= 15 is 0 Å². The molecule has 2 aromatic rings. The molecule has 0 saturated heterocycles.